The van der Waals surface area contributed by atoms with Crippen molar-refractivity contribution in [3.05, 3.63) is 17.2 Å². The molecule has 150 valence electrons. The average molecular weight is 394 g/mol. The highest BCUT2D eigenvalue weighted by Gasteiger charge is 2.51. The Morgan fingerprint density at radius 3 is 2.57 bits per heavy atom. The predicted molar refractivity (Wildman–Crippen MR) is 95.0 cm³/mol. The van der Waals surface area contributed by atoms with Gasteiger partial charge in [-0.15, -0.1) is 0 Å². The minimum atomic E-state index is -4.64. The normalized spacial score (nSPS) is 26.0. The van der Waals surface area contributed by atoms with E-state index in [1.807, 2.05) is 6.92 Å². The summed E-state index contributed by atoms with van der Waals surface area (Å²) in [5, 5.41) is 18.6. The van der Waals surface area contributed by atoms with E-state index >= 15 is 0 Å². The van der Waals surface area contributed by atoms with E-state index < -0.39 is 23.3 Å². The minimum absolute atomic E-state index is 0.0461. The number of nitriles is 1. The molecule has 1 aromatic heterocycles. The van der Waals surface area contributed by atoms with Crippen LogP contribution in [0.5, 0.6) is 0 Å². The van der Waals surface area contributed by atoms with Gasteiger partial charge in [0.15, 0.2) is 0 Å². The number of pyridine rings is 1. The Hall–Kier alpha value is -2.50. The number of alkyl halides is 3. The highest BCUT2D eigenvalue weighted by Crippen LogP contribution is 2.50. The van der Waals surface area contributed by atoms with Crippen LogP contribution in [0.4, 0.5) is 24.8 Å². The first-order chi connectivity index (χ1) is 13.1. The summed E-state index contributed by atoms with van der Waals surface area (Å²) in [7, 11) is 0. The molecule has 0 radical (unpaired) electrons. The van der Waals surface area contributed by atoms with Crippen LogP contribution in [0.2, 0.25) is 0 Å². The number of anilines is 2. The fraction of sp³-hybridized carbons (Fsp3) is 0.632. The number of carboxylic acid groups (broad SMARTS) is 1. The summed E-state index contributed by atoms with van der Waals surface area (Å²) in [6.07, 6.45) is -1.87. The molecule has 6 nitrogen and oxygen atoms in total. The summed E-state index contributed by atoms with van der Waals surface area (Å²) < 4.78 is 40.8. The molecule has 3 aliphatic rings. The molecule has 1 N–H and O–H groups in total. The Morgan fingerprint density at radius 2 is 2.11 bits per heavy atom. The predicted octanol–water partition coefficient (Wildman–Crippen LogP) is 3.26. The molecule has 1 aliphatic carbocycles. The summed E-state index contributed by atoms with van der Waals surface area (Å²) in [4.78, 5) is 19.2. The zero-order chi connectivity index (χ0) is 20.3. The van der Waals surface area contributed by atoms with Gasteiger partial charge in [0, 0.05) is 31.1 Å². The fourth-order valence-corrected chi connectivity index (χ4v) is 4.68. The van der Waals surface area contributed by atoms with Crippen LogP contribution in [0, 0.1) is 22.7 Å². The fourth-order valence-electron chi connectivity index (χ4n) is 4.68. The van der Waals surface area contributed by atoms with Gasteiger partial charge in [0.05, 0.1) is 11.5 Å². The Balaban J connectivity index is 1.64. The number of carboxylic acids is 1. The van der Waals surface area contributed by atoms with Crippen LogP contribution >= 0.6 is 0 Å². The van der Waals surface area contributed by atoms with E-state index in [2.05, 4.69) is 4.98 Å². The van der Waals surface area contributed by atoms with Gasteiger partial charge in [-0.1, -0.05) is 0 Å². The van der Waals surface area contributed by atoms with E-state index in [4.69, 9.17) is 0 Å². The Labute approximate surface area is 160 Å². The maximum Gasteiger partial charge on any atom is 0.417 e. The van der Waals surface area contributed by atoms with E-state index in [1.54, 1.807) is 15.9 Å². The number of rotatable bonds is 3. The largest absolute Gasteiger partial charge is 0.481 e. The topological polar surface area (TPSA) is 80.5 Å². The second kappa shape index (κ2) is 6.26. The lowest BCUT2D eigenvalue weighted by Crippen LogP contribution is -2.56. The highest BCUT2D eigenvalue weighted by molar-refractivity contribution is 5.71. The quantitative estimate of drug-likeness (QED) is 0.848. The van der Waals surface area contributed by atoms with Crippen LogP contribution in [-0.2, 0) is 11.0 Å². The van der Waals surface area contributed by atoms with Gasteiger partial charge in [0.25, 0.3) is 0 Å². The lowest BCUT2D eigenvalue weighted by Gasteiger charge is -2.49. The van der Waals surface area contributed by atoms with Gasteiger partial charge in [-0.3, -0.25) is 4.79 Å². The van der Waals surface area contributed by atoms with E-state index in [-0.39, 0.29) is 29.0 Å². The molecule has 3 heterocycles. The van der Waals surface area contributed by atoms with Crippen LogP contribution in [0.3, 0.4) is 0 Å². The molecular weight excluding hydrogens is 373 g/mol. The molecular formula is C19H21F3N4O2. The van der Waals surface area contributed by atoms with E-state index in [0.717, 1.165) is 18.9 Å². The smallest absolute Gasteiger partial charge is 0.417 e. The van der Waals surface area contributed by atoms with Gasteiger partial charge in [-0.25, -0.2) is 4.98 Å². The number of hydrogen-bond donors (Lipinski definition) is 1. The van der Waals surface area contributed by atoms with Crippen molar-refractivity contribution < 1.29 is 23.1 Å². The minimum Gasteiger partial charge on any atom is -0.481 e. The first-order valence-electron chi connectivity index (χ1n) is 9.40. The molecule has 2 atom stereocenters. The molecule has 3 fully saturated rings. The zero-order valence-corrected chi connectivity index (χ0v) is 15.5. The Bertz CT molecular complexity index is 858. The zero-order valence-electron chi connectivity index (χ0n) is 15.5. The van der Waals surface area contributed by atoms with Crippen molar-refractivity contribution in [2.75, 3.05) is 29.4 Å². The molecule has 2 aliphatic heterocycles. The average Bonchev–Trinajstić information content (AvgIpc) is 3.03. The number of aliphatic carboxylic acids is 1. The van der Waals surface area contributed by atoms with Crippen LogP contribution in [0.25, 0.3) is 0 Å². The Morgan fingerprint density at radius 1 is 1.39 bits per heavy atom. The van der Waals surface area contributed by atoms with Crippen molar-refractivity contribution in [2.24, 2.45) is 11.3 Å². The summed E-state index contributed by atoms with van der Waals surface area (Å²) in [6.45, 7) is 3.48. The standard InChI is InChI=1S/C19H21F3N4O2/c1-11-3-5-26(11)16-13(8-23)14(19(20,21)22)6-15(24-16)25-9-18(10-25)4-2-12(7-18)17(27)28/h6,11-12H,2-5,7,9-10H2,1H3,(H,27,28)/t11-,12?/m0/s1. The van der Waals surface area contributed by atoms with E-state index in [0.29, 0.717) is 32.5 Å². The van der Waals surface area contributed by atoms with Crippen molar-refractivity contribution in [1.82, 2.24) is 4.98 Å². The number of halogens is 3. The van der Waals surface area contributed by atoms with Crippen molar-refractivity contribution in [2.45, 2.75) is 44.8 Å². The lowest BCUT2D eigenvalue weighted by atomic mass is 9.77. The summed E-state index contributed by atoms with van der Waals surface area (Å²) >= 11 is 0. The molecule has 28 heavy (non-hydrogen) atoms. The van der Waals surface area contributed by atoms with Gasteiger partial charge < -0.3 is 14.9 Å². The monoisotopic (exact) mass is 394 g/mol. The third kappa shape index (κ3) is 2.95. The van der Waals surface area contributed by atoms with Gasteiger partial charge >= 0.3 is 12.1 Å². The van der Waals surface area contributed by atoms with Gasteiger partial charge in [-0.2, -0.15) is 18.4 Å². The van der Waals surface area contributed by atoms with Crippen molar-refractivity contribution in [1.29, 1.82) is 5.26 Å². The second-order valence-electron chi connectivity index (χ2n) is 8.30. The molecule has 1 saturated carbocycles. The van der Waals surface area contributed by atoms with Gasteiger partial charge in [0.1, 0.15) is 23.3 Å². The van der Waals surface area contributed by atoms with Gasteiger partial charge in [-0.05, 0) is 38.7 Å². The SMILES string of the molecule is C[C@H]1CCN1c1nc(N2CC3(CCC(C(=O)O)C3)C2)cc(C(F)(F)F)c1C#N. The Kier molecular flexibility index (Phi) is 4.21. The first-order valence-corrected chi connectivity index (χ1v) is 9.40. The molecule has 1 spiro atoms. The van der Waals surface area contributed by atoms with Crippen LogP contribution < -0.4 is 9.80 Å². The van der Waals surface area contributed by atoms with E-state index in [1.165, 1.54) is 0 Å². The molecule has 1 aromatic rings. The van der Waals surface area contributed by atoms with Crippen LogP contribution in [0.15, 0.2) is 6.07 Å². The number of nitrogens with zero attached hydrogens (tertiary/aromatic N) is 4. The lowest BCUT2D eigenvalue weighted by molar-refractivity contribution is -0.142. The molecule has 0 aromatic carbocycles. The third-order valence-corrected chi connectivity index (χ3v) is 6.42. The molecule has 0 bridgehead atoms. The van der Waals surface area contributed by atoms with Crippen LogP contribution in [0.1, 0.15) is 43.7 Å². The first kappa shape index (κ1) is 18.8. The second-order valence-corrected chi connectivity index (χ2v) is 8.30. The van der Waals surface area contributed by atoms with E-state index in [9.17, 15) is 28.3 Å². The summed E-state index contributed by atoms with van der Waals surface area (Å²) in [5.74, 6) is -0.869. The maximum atomic E-state index is 13.6. The summed E-state index contributed by atoms with van der Waals surface area (Å²) in [6, 6.07) is 2.71. The molecule has 4 rings (SSSR count). The number of aromatic nitrogens is 1. The highest BCUT2D eigenvalue weighted by atomic mass is 19.4. The van der Waals surface area contributed by atoms with Crippen LogP contribution in [-0.4, -0.2) is 41.7 Å². The molecule has 2 saturated heterocycles. The molecule has 9 heteroatoms. The van der Waals surface area contributed by atoms with Crippen molar-refractivity contribution >= 4 is 17.6 Å². The van der Waals surface area contributed by atoms with Crippen molar-refractivity contribution in [3.63, 3.8) is 0 Å². The molecule has 1 unspecified atom stereocenters. The van der Waals surface area contributed by atoms with Crippen molar-refractivity contribution in [3.8, 4) is 6.07 Å². The van der Waals surface area contributed by atoms with Gasteiger partial charge in [0.2, 0.25) is 0 Å². The number of carbonyl (C=O) groups is 1. The maximum absolute atomic E-state index is 13.6. The third-order valence-electron chi connectivity index (χ3n) is 6.42. The summed E-state index contributed by atoms with van der Waals surface area (Å²) in [5.41, 5.74) is -1.53. The number of hydrogen-bond acceptors (Lipinski definition) is 5. The molecule has 0 amide bonds.